The Morgan fingerprint density at radius 2 is 1.57 bits per heavy atom. The third-order valence-corrected chi connectivity index (χ3v) is 5.05. The first-order valence-electron chi connectivity index (χ1n) is 7.12. The number of aliphatic hydroxyl groups excluding tert-OH is 1. The maximum absolute atomic E-state index is 12.8. The zero-order valence-electron chi connectivity index (χ0n) is 13.3. The molecule has 0 aliphatic carbocycles. The minimum absolute atomic E-state index is 0.297. The van der Waals surface area contributed by atoms with Gasteiger partial charge in [-0.2, -0.15) is 0 Å². The van der Waals surface area contributed by atoms with Crippen LogP contribution in [0.3, 0.4) is 0 Å². The van der Waals surface area contributed by atoms with Gasteiger partial charge >= 0.3 is 7.60 Å². The Kier molecular flexibility index (Phi) is 6.82. The fraction of sp³-hybridized carbons (Fsp3) is 0.500. The molecule has 0 aliphatic heterocycles. The molecule has 0 saturated heterocycles. The van der Waals surface area contributed by atoms with E-state index in [4.69, 9.17) is 9.05 Å². The molecule has 1 aromatic rings. The lowest BCUT2D eigenvalue weighted by molar-refractivity contribution is 0.110. The van der Waals surface area contributed by atoms with E-state index < -0.39 is 13.4 Å². The topological polar surface area (TPSA) is 55.8 Å². The summed E-state index contributed by atoms with van der Waals surface area (Å²) < 4.78 is 23.7. The van der Waals surface area contributed by atoms with Gasteiger partial charge in [0.1, 0.15) is 0 Å². The average Bonchev–Trinajstić information content (AvgIpc) is 2.36. The summed E-state index contributed by atoms with van der Waals surface area (Å²) >= 11 is 0. The number of aliphatic hydroxyl groups is 1. The quantitative estimate of drug-likeness (QED) is 0.756. The molecule has 118 valence electrons. The third-order valence-electron chi connectivity index (χ3n) is 2.62. The van der Waals surface area contributed by atoms with Gasteiger partial charge in [0, 0.05) is 0 Å². The second kappa shape index (κ2) is 7.90. The lowest BCUT2D eigenvalue weighted by atomic mass is 10.1. The first-order chi connectivity index (χ1) is 9.74. The first kappa shape index (κ1) is 18.1. The van der Waals surface area contributed by atoms with Gasteiger partial charge in [0.15, 0.2) is 5.85 Å². The van der Waals surface area contributed by atoms with E-state index in [1.807, 2.05) is 30.3 Å². The summed E-state index contributed by atoms with van der Waals surface area (Å²) in [4.78, 5) is 0. The fourth-order valence-corrected chi connectivity index (χ4v) is 3.89. The molecule has 0 bridgehead atoms. The third kappa shape index (κ3) is 5.76. The Hall–Kier alpha value is -0.930. The van der Waals surface area contributed by atoms with Crippen LogP contribution >= 0.6 is 7.60 Å². The van der Waals surface area contributed by atoms with Crippen LogP contribution in [0.5, 0.6) is 0 Å². The van der Waals surface area contributed by atoms with Gasteiger partial charge in [-0.1, -0.05) is 36.4 Å². The summed E-state index contributed by atoms with van der Waals surface area (Å²) in [5, 5.41) is 10.4. The summed E-state index contributed by atoms with van der Waals surface area (Å²) in [6, 6.07) is 9.54. The Morgan fingerprint density at radius 1 is 1.10 bits per heavy atom. The normalized spacial score (nSPS) is 14.8. The van der Waals surface area contributed by atoms with E-state index in [-0.39, 0.29) is 12.2 Å². The van der Waals surface area contributed by atoms with Crippen molar-refractivity contribution in [3.8, 4) is 0 Å². The summed E-state index contributed by atoms with van der Waals surface area (Å²) in [5.74, 6) is -1.28. The lowest BCUT2D eigenvalue weighted by Gasteiger charge is -2.27. The zero-order valence-corrected chi connectivity index (χ0v) is 14.2. The van der Waals surface area contributed by atoms with Crippen molar-refractivity contribution in [3.05, 3.63) is 41.5 Å². The van der Waals surface area contributed by atoms with Gasteiger partial charge in [0.2, 0.25) is 0 Å². The molecule has 0 unspecified atom stereocenters. The van der Waals surface area contributed by atoms with Crippen molar-refractivity contribution in [1.29, 1.82) is 0 Å². The van der Waals surface area contributed by atoms with Gasteiger partial charge < -0.3 is 14.2 Å². The van der Waals surface area contributed by atoms with Crippen molar-refractivity contribution >= 4 is 13.7 Å². The molecule has 4 nitrogen and oxygen atoms in total. The molecule has 1 atom stereocenters. The minimum atomic E-state index is -3.63. The van der Waals surface area contributed by atoms with Crippen LogP contribution < -0.4 is 0 Å². The SMILES string of the molecule is C/C(=C\c1ccccc1)[C@H](O)P(=O)(OC(C)C)OC(C)C. The van der Waals surface area contributed by atoms with Crippen molar-refractivity contribution < 1.29 is 18.7 Å². The number of benzene rings is 1. The number of hydrogen-bond donors (Lipinski definition) is 1. The van der Waals surface area contributed by atoms with Crippen LogP contribution in [-0.2, 0) is 13.6 Å². The molecule has 0 radical (unpaired) electrons. The van der Waals surface area contributed by atoms with Crippen molar-refractivity contribution in [2.24, 2.45) is 0 Å². The summed E-state index contributed by atoms with van der Waals surface area (Å²) in [7, 11) is -3.63. The molecule has 5 heteroatoms. The Morgan fingerprint density at radius 3 is 2.00 bits per heavy atom. The summed E-state index contributed by atoms with van der Waals surface area (Å²) in [6.07, 6.45) is 1.19. The Labute approximate surface area is 127 Å². The zero-order chi connectivity index (χ0) is 16.0. The molecule has 1 N–H and O–H groups in total. The summed E-state index contributed by atoms with van der Waals surface area (Å²) in [5.41, 5.74) is 1.47. The molecule has 0 heterocycles. The number of rotatable bonds is 7. The molecule has 0 amide bonds. The van der Waals surface area contributed by atoms with Gasteiger partial charge in [-0.15, -0.1) is 0 Å². The molecule has 0 aliphatic rings. The van der Waals surface area contributed by atoms with E-state index in [0.717, 1.165) is 5.56 Å². The highest BCUT2D eigenvalue weighted by molar-refractivity contribution is 7.54. The molecular weight excluding hydrogens is 287 g/mol. The van der Waals surface area contributed by atoms with Gasteiger partial charge in [0.25, 0.3) is 0 Å². The molecule has 0 spiro atoms. The molecule has 1 aromatic carbocycles. The van der Waals surface area contributed by atoms with Gasteiger partial charge in [-0.25, -0.2) is 0 Å². The highest BCUT2D eigenvalue weighted by Gasteiger charge is 2.37. The second-order valence-corrected chi connectivity index (χ2v) is 7.51. The Bertz CT molecular complexity index is 494. The van der Waals surface area contributed by atoms with Crippen LogP contribution in [0.25, 0.3) is 6.08 Å². The van der Waals surface area contributed by atoms with E-state index in [9.17, 15) is 9.67 Å². The second-order valence-electron chi connectivity index (χ2n) is 5.52. The van der Waals surface area contributed by atoms with Crippen LogP contribution in [-0.4, -0.2) is 23.2 Å². The standard InChI is InChI=1S/C16H25O4P/c1-12(2)19-21(18,20-13(3)4)16(17)14(5)11-15-9-7-6-8-10-15/h6-13,16-17H,1-5H3/b14-11+/t16-/m1/s1. The number of hydrogen-bond acceptors (Lipinski definition) is 4. The monoisotopic (exact) mass is 312 g/mol. The van der Waals surface area contributed by atoms with Crippen LogP contribution in [0, 0.1) is 0 Å². The van der Waals surface area contributed by atoms with Gasteiger partial charge in [-0.3, -0.25) is 4.57 Å². The largest absolute Gasteiger partial charge is 0.376 e. The lowest BCUT2D eigenvalue weighted by Crippen LogP contribution is -2.19. The van der Waals surface area contributed by atoms with Crippen LogP contribution in [0.1, 0.15) is 40.2 Å². The van der Waals surface area contributed by atoms with Crippen LogP contribution in [0.15, 0.2) is 35.9 Å². The van der Waals surface area contributed by atoms with Crippen molar-refractivity contribution in [3.63, 3.8) is 0 Å². The average molecular weight is 312 g/mol. The predicted octanol–water partition coefficient (Wildman–Crippen LogP) is 4.45. The molecular formula is C16H25O4P. The molecule has 0 aromatic heterocycles. The molecule has 0 fully saturated rings. The maximum Gasteiger partial charge on any atom is 0.363 e. The highest BCUT2D eigenvalue weighted by atomic mass is 31.2. The molecule has 1 rings (SSSR count). The maximum atomic E-state index is 12.8. The highest BCUT2D eigenvalue weighted by Crippen LogP contribution is 2.56. The van der Waals surface area contributed by atoms with Crippen LogP contribution in [0.2, 0.25) is 0 Å². The van der Waals surface area contributed by atoms with Crippen molar-refractivity contribution in [2.45, 2.75) is 52.7 Å². The Balaban J connectivity index is 3.02. The van der Waals surface area contributed by atoms with Crippen molar-refractivity contribution in [1.82, 2.24) is 0 Å². The van der Waals surface area contributed by atoms with Gasteiger partial charge in [0.05, 0.1) is 12.2 Å². The molecule has 21 heavy (non-hydrogen) atoms. The smallest absolute Gasteiger partial charge is 0.363 e. The van der Waals surface area contributed by atoms with E-state index in [0.29, 0.717) is 5.57 Å². The van der Waals surface area contributed by atoms with Crippen LogP contribution in [0.4, 0.5) is 0 Å². The fourth-order valence-electron chi connectivity index (χ4n) is 1.86. The molecule has 0 saturated carbocycles. The first-order valence-corrected chi connectivity index (χ1v) is 8.73. The minimum Gasteiger partial charge on any atom is -0.376 e. The van der Waals surface area contributed by atoms with Gasteiger partial charge in [-0.05, 0) is 45.8 Å². The summed E-state index contributed by atoms with van der Waals surface area (Å²) in [6.45, 7) is 8.77. The van der Waals surface area contributed by atoms with E-state index in [2.05, 4.69) is 0 Å². The van der Waals surface area contributed by atoms with E-state index in [1.54, 1.807) is 40.7 Å². The van der Waals surface area contributed by atoms with E-state index >= 15 is 0 Å². The van der Waals surface area contributed by atoms with E-state index in [1.165, 1.54) is 0 Å². The van der Waals surface area contributed by atoms with Crippen molar-refractivity contribution in [2.75, 3.05) is 0 Å². The predicted molar refractivity (Wildman–Crippen MR) is 86.1 cm³/mol.